The number of amides is 2. The number of nitrogens with one attached hydrogen (secondary N) is 2. The summed E-state index contributed by atoms with van der Waals surface area (Å²) in [6, 6.07) is 0.0400. The summed E-state index contributed by atoms with van der Waals surface area (Å²) < 4.78 is 5.64. The summed E-state index contributed by atoms with van der Waals surface area (Å²) in [6.45, 7) is 2.64. The average molecular weight is 298 g/mol. The van der Waals surface area contributed by atoms with Crippen molar-refractivity contribution in [3.8, 4) is 0 Å². The topological polar surface area (TPSA) is 87.7 Å². The summed E-state index contributed by atoms with van der Waals surface area (Å²) in [6.07, 6.45) is 5.94. The fraction of sp³-hybridized carbons (Fsp3) is 0.867. The number of carboxylic acids is 1. The molecule has 3 N–H and O–H groups in total. The number of urea groups is 1. The summed E-state index contributed by atoms with van der Waals surface area (Å²) in [5.41, 5.74) is 0. The number of aliphatic carboxylic acids is 1. The van der Waals surface area contributed by atoms with E-state index >= 15 is 0 Å². The molecule has 2 aliphatic rings. The minimum atomic E-state index is -0.719. The summed E-state index contributed by atoms with van der Waals surface area (Å²) in [5, 5.41) is 14.9. The van der Waals surface area contributed by atoms with Crippen molar-refractivity contribution in [1.29, 1.82) is 0 Å². The zero-order chi connectivity index (χ0) is 15.2. The fourth-order valence-corrected chi connectivity index (χ4v) is 3.38. The Hall–Kier alpha value is -1.30. The van der Waals surface area contributed by atoms with Crippen LogP contribution in [-0.4, -0.2) is 41.9 Å². The highest BCUT2D eigenvalue weighted by molar-refractivity contribution is 5.75. The summed E-state index contributed by atoms with van der Waals surface area (Å²) in [4.78, 5) is 22.9. The van der Waals surface area contributed by atoms with Crippen molar-refractivity contribution in [1.82, 2.24) is 10.6 Å². The van der Waals surface area contributed by atoms with Crippen LogP contribution in [0.3, 0.4) is 0 Å². The van der Waals surface area contributed by atoms with Gasteiger partial charge in [-0.25, -0.2) is 4.79 Å². The Morgan fingerprint density at radius 3 is 2.43 bits per heavy atom. The average Bonchev–Trinajstić information content (AvgIpc) is 2.87. The minimum absolute atomic E-state index is 0.0903. The van der Waals surface area contributed by atoms with E-state index < -0.39 is 5.97 Å². The Labute approximate surface area is 125 Å². The number of carboxylic acid groups (broad SMARTS) is 1. The number of hydrogen-bond donors (Lipinski definition) is 3. The van der Waals surface area contributed by atoms with Gasteiger partial charge in [0.15, 0.2) is 0 Å². The third-order valence-corrected chi connectivity index (χ3v) is 4.56. The van der Waals surface area contributed by atoms with Crippen molar-refractivity contribution in [2.24, 2.45) is 5.92 Å². The van der Waals surface area contributed by atoms with Gasteiger partial charge >= 0.3 is 12.0 Å². The molecule has 0 aromatic carbocycles. The molecule has 2 amide bonds. The maximum Gasteiger partial charge on any atom is 0.315 e. The van der Waals surface area contributed by atoms with Gasteiger partial charge in [0, 0.05) is 12.6 Å². The zero-order valence-corrected chi connectivity index (χ0v) is 12.6. The molecule has 0 radical (unpaired) electrons. The SMILES string of the molecule is CCO[C@@H]1CCC[C@H]1NC(=O)NC1CCC(C(=O)O)CC1. The molecule has 2 fully saturated rings. The fourth-order valence-electron chi connectivity index (χ4n) is 3.38. The molecular weight excluding hydrogens is 272 g/mol. The summed E-state index contributed by atoms with van der Waals surface area (Å²) in [7, 11) is 0. The lowest BCUT2D eigenvalue weighted by Gasteiger charge is -2.28. The Morgan fingerprint density at radius 2 is 1.81 bits per heavy atom. The van der Waals surface area contributed by atoms with E-state index in [1.54, 1.807) is 0 Å². The Balaban J connectivity index is 1.71. The lowest BCUT2D eigenvalue weighted by molar-refractivity contribution is -0.142. The van der Waals surface area contributed by atoms with Crippen LogP contribution in [0.2, 0.25) is 0 Å². The van der Waals surface area contributed by atoms with Gasteiger partial charge in [-0.2, -0.15) is 0 Å². The predicted molar refractivity (Wildman–Crippen MR) is 78.1 cm³/mol. The lowest BCUT2D eigenvalue weighted by atomic mass is 9.86. The molecular formula is C15H26N2O4. The van der Waals surface area contributed by atoms with Crippen LogP contribution in [0.5, 0.6) is 0 Å². The molecule has 2 atom stereocenters. The van der Waals surface area contributed by atoms with E-state index in [0.717, 1.165) is 32.1 Å². The molecule has 0 bridgehead atoms. The van der Waals surface area contributed by atoms with Crippen LogP contribution in [-0.2, 0) is 9.53 Å². The number of hydrogen-bond acceptors (Lipinski definition) is 3. The minimum Gasteiger partial charge on any atom is -0.481 e. The maximum absolute atomic E-state index is 12.0. The van der Waals surface area contributed by atoms with Gasteiger partial charge in [-0.05, 0) is 51.9 Å². The Bertz CT molecular complexity index is 367. The van der Waals surface area contributed by atoms with Gasteiger partial charge in [0.2, 0.25) is 0 Å². The van der Waals surface area contributed by atoms with Crippen LogP contribution in [0.25, 0.3) is 0 Å². The monoisotopic (exact) mass is 298 g/mol. The summed E-state index contributed by atoms with van der Waals surface area (Å²) >= 11 is 0. The molecule has 0 aliphatic heterocycles. The van der Waals surface area contributed by atoms with E-state index in [2.05, 4.69) is 10.6 Å². The molecule has 21 heavy (non-hydrogen) atoms. The van der Waals surface area contributed by atoms with Crippen molar-refractivity contribution >= 4 is 12.0 Å². The first-order valence-electron chi connectivity index (χ1n) is 8.01. The summed E-state index contributed by atoms with van der Waals surface area (Å²) in [5.74, 6) is -0.966. The van der Waals surface area contributed by atoms with Gasteiger partial charge in [0.1, 0.15) is 0 Å². The first-order valence-corrected chi connectivity index (χ1v) is 8.01. The van der Waals surface area contributed by atoms with E-state index in [1.165, 1.54) is 0 Å². The van der Waals surface area contributed by atoms with E-state index in [0.29, 0.717) is 19.4 Å². The quantitative estimate of drug-likeness (QED) is 0.723. The molecule has 0 saturated heterocycles. The number of carbonyl (C=O) groups excluding carboxylic acids is 1. The highest BCUT2D eigenvalue weighted by Gasteiger charge is 2.30. The van der Waals surface area contributed by atoms with Crippen LogP contribution in [0.1, 0.15) is 51.9 Å². The molecule has 0 heterocycles. The van der Waals surface area contributed by atoms with Crippen molar-refractivity contribution in [3.05, 3.63) is 0 Å². The van der Waals surface area contributed by atoms with Gasteiger partial charge in [-0.15, -0.1) is 0 Å². The van der Waals surface area contributed by atoms with Gasteiger partial charge in [0.05, 0.1) is 18.1 Å². The number of ether oxygens (including phenoxy) is 1. The van der Waals surface area contributed by atoms with Crippen LogP contribution < -0.4 is 10.6 Å². The molecule has 2 rings (SSSR count). The van der Waals surface area contributed by atoms with Crippen molar-refractivity contribution in [3.63, 3.8) is 0 Å². The zero-order valence-electron chi connectivity index (χ0n) is 12.6. The van der Waals surface area contributed by atoms with Gasteiger partial charge < -0.3 is 20.5 Å². The molecule has 0 spiro atoms. The second-order valence-electron chi connectivity index (χ2n) is 6.04. The van der Waals surface area contributed by atoms with Gasteiger partial charge in [0.25, 0.3) is 0 Å². The predicted octanol–water partition coefficient (Wildman–Crippen LogP) is 1.89. The molecule has 0 unspecified atom stereocenters. The molecule has 120 valence electrons. The standard InChI is InChI=1S/C15H26N2O4/c1-2-21-13-5-3-4-12(13)17-15(20)16-11-8-6-10(7-9-11)14(18)19/h10-13H,2-9H2,1H3,(H,18,19)(H2,16,17,20)/t10?,11?,12-,13-/m1/s1. The van der Waals surface area contributed by atoms with Gasteiger partial charge in [-0.1, -0.05) is 0 Å². The van der Waals surface area contributed by atoms with E-state index in [-0.39, 0.29) is 30.1 Å². The van der Waals surface area contributed by atoms with E-state index in [1.807, 2.05) is 6.92 Å². The van der Waals surface area contributed by atoms with Crippen molar-refractivity contribution < 1.29 is 19.4 Å². The first-order chi connectivity index (χ1) is 10.1. The van der Waals surface area contributed by atoms with Crippen LogP contribution in [0.4, 0.5) is 4.79 Å². The molecule has 2 aliphatic carbocycles. The normalized spacial score (nSPS) is 32.6. The lowest BCUT2D eigenvalue weighted by Crippen LogP contribution is -2.49. The van der Waals surface area contributed by atoms with Gasteiger partial charge in [-0.3, -0.25) is 4.79 Å². The first kappa shape index (κ1) is 16.1. The second-order valence-corrected chi connectivity index (χ2v) is 6.04. The second kappa shape index (κ2) is 7.64. The van der Waals surface area contributed by atoms with Crippen LogP contribution in [0.15, 0.2) is 0 Å². The van der Waals surface area contributed by atoms with E-state index in [4.69, 9.17) is 9.84 Å². The number of rotatable bonds is 5. The molecule has 0 aromatic heterocycles. The Morgan fingerprint density at radius 1 is 1.10 bits per heavy atom. The molecule has 2 saturated carbocycles. The Kier molecular flexibility index (Phi) is 5.85. The largest absolute Gasteiger partial charge is 0.481 e. The third kappa shape index (κ3) is 4.59. The molecule has 6 nitrogen and oxygen atoms in total. The molecule has 0 aromatic rings. The van der Waals surface area contributed by atoms with Crippen molar-refractivity contribution in [2.45, 2.75) is 70.1 Å². The highest BCUT2D eigenvalue weighted by atomic mass is 16.5. The van der Waals surface area contributed by atoms with Crippen LogP contribution >= 0.6 is 0 Å². The number of carbonyl (C=O) groups is 2. The van der Waals surface area contributed by atoms with Crippen LogP contribution in [0, 0.1) is 5.92 Å². The smallest absolute Gasteiger partial charge is 0.315 e. The van der Waals surface area contributed by atoms with E-state index in [9.17, 15) is 9.59 Å². The third-order valence-electron chi connectivity index (χ3n) is 4.56. The molecule has 6 heteroatoms. The maximum atomic E-state index is 12.0. The van der Waals surface area contributed by atoms with Crippen molar-refractivity contribution in [2.75, 3.05) is 6.61 Å². The highest BCUT2D eigenvalue weighted by Crippen LogP contribution is 2.25.